The second kappa shape index (κ2) is 5.33. The lowest BCUT2D eigenvalue weighted by atomic mass is 10.0. The number of nitrogens with zero attached hydrogens (tertiary/aromatic N) is 3. The van der Waals surface area contributed by atoms with Gasteiger partial charge >= 0.3 is 0 Å². The van der Waals surface area contributed by atoms with Crippen LogP contribution < -0.4 is 0 Å². The maximum atomic E-state index is 12.9. The van der Waals surface area contributed by atoms with Crippen molar-refractivity contribution in [1.82, 2.24) is 9.47 Å². The lowest BCUT2D eigenvalue weighted by molar-refractivity contribution is 0.103. The van der Waals surface area contributed by atoms with Gasteiger partial charge in [0.15, 0.2) is 5.78 Å². The summed E-state index contributed by atoms with van der Waals surface area (Å²) < 4.78 is 2.08. The molecule has 22 heavy (non-hydrogen) atoms. The van der Waals surface area contributed by atoms with Crippen LogP contribution in [0.5, 0.6) is 5.75 Å². The van der Waals surface area contributed by atoms with E-state index in [1.807, 2.05) is 25.9 Å². The minimum atomic E-state index is -0.0459. The van der Waals surface area contributed by atoms with Crippen LogP contribution in [0.2, 0.25) is 0 Å². The Kier molecular flexibility index (Phi) is 3.48. The standard InChI is InChI=1S/C17H19N3O2/c1-4-13-15(17(22)11-5-7-12(21)8-6-11)16-14(20(13)3)9-19(2)10-18-16/h5-8,10,21H,4,9H2,1-3H3. The summed E-state index contributed by atoms with van der Waals surface area (Å²) in [5, 5.41) is 9.39. The first-order chi connectivity index (χ1) is 10.5. The molecule has 5 heteroatoms. The summed E-state index contributed by atoms with van der Waals surface area (Å²) in [4.78, 5) is 19.4. The average molecular weight is 297 g/mol. The molecule has 5 nitrogen and oxygen atoms in total. The molecule has 1 N–H and O–H groups in total. The number of hydrogen-bond acceptors (Lipinski definition) is 4. The van der Waals surface area contributed by atoms with Crippen molar-refractivity contribution < 1.29 is 9.90 Å². The van der Waals surface area contributed by atoms with Crippen LogP contribution in [0.15, 0.2) is 29.3 Å². The van der Waals surface area contributed by atoms with Gasteiger partial charge in [0.2, 0.25) is 0 Å². The van der Waals surface area contributed by atoms with E-state index in [0.717, 1.165) is 30.0 Å². The molecule has 0 unspecified atom stereocenters. The van der Waals surface area contributed by atoms with Crippen LogP contribution in [0.3, 0.4) is 0 Å². The zero-order valence-corrected chi connectivity index (χ0v) is 13.0. The number of phenolic OH excluding ortho intramolecular Hbond substituents is 1. The zero-order valence-electron chi connectivity index (χ0n) is 13.0. The number of carbonyl (C=O) groups is 1. The molecule has 1 aliphatic heterocycles. The maximum absolute atomic E-state index is 12.9. The summed E-state index contributed by atoms with van der Waals surface area (Å²) in [6.07, 6.45) is 2.53. The average Bonchev–Trinajstić information content (AvgIpc) is 2.79. The SMILES string of the molecule is CCc1c(C(=O)c2ccc(O)cc2)c2c(n1C)CN(C)C=N2. The lowest BCUT2D eigenvalue weighted by Crippen LogP contribution is -2.20. The van der Waals surface area contributed by atoms with Gasteiger partial charge in [0.05, 0.1) is 29.8 Å². The van der Waals surface area contributed by atoms with Crippen LogP contribution in [0.1, 0.15) is 34.2 Å². The number of phenols is 1. The summed E-state index contributed by atoms with van der Waals surface area (Å²) in [5.74, 6) is 0.109. The second-order valence-corrected chi connectivity index (χ2v) is 5.57. The van der Waals surface area contributed by atoms with Crippen molar-refractivity contribution in [2.45, 2.75) is 19.9 Å². The molecule has 2 heterocycles. The Morgan fingerprint density at radius 3 is 2.59 bits per heavy atom. The van der Waals surface area contributed by atoms with Crippen molar-refractivity contribution >= 4 is 17.8 Å². The largest absolute Gasteiger partial charge is 0.508 e. The summed E-state index contributed by atoms with van der Waals surface area (Å²) >= 11 is 0. The predicted molar refractivity (Wildman–Crippen MR) is 85.9 cm³/mol. The van der Waals surface area contributed by atoms with Crippen molar-refractivity contribution in [2.75, 3.05) is 7.05 Å². The molecule has 1 aromatic carbocycles. The van der Waals surface area contributed by atoms with Gasteiger partial charge in [-0.2, -0.15) is 0 Å². The van der Waals surface area contributed by atoms with Crippen LogP contribution in [0, 0.1) is 0 Å². The van der Waals surface area contributed by atoms with Gasteiger partial charge in [0, 0.05) is 25.4 Å². The molecular weight excluding hydrogens is 278 g/mol. The number of carbonyl (C=O) groups excluding carboxylic acids is 1. The van der Waals surface area contributed by atoms with Crippen molar-refractivity contribution in [2.24, 2.45) is 12.0 Å². The first-order valence-corrected chi connectivity index (χ1v) is 7.31. The maximum Gasteiger partial charge on any atom is 0.197 e. The Morgan fingerprint density at radius 2 is 1.95 bits per heavy atom. The van der Waals surface area contributed by atoms with Crippen molar-refractivity contribution in [3.63, 3.8) is 0 Å². The Labute approximate surface area is 129 Å². The molecule has 1 aromatic heterocycles. The molecule has 0 atom stereocenters. The van der Waals surface area contributed by atoms with E-state index in [4.69, 9.17) is 0 Å². The molecule has 1 aliphatic rings. The normalized spacial score (nSPS) is 13.3. The first-order valence-electron chi connectivity index (χ1n) is 7.31. The van der Waals surface area contributed by atoms with E-state index in [9.17, 15) is 9.90 Å². The number of benzene rings is 1. The fraction of sp³-hybridized carbons (Fsp3) is 0.294. The van der Waals surface area contributed by atoms with E-state index >= 15 is 0 Å². The molecule has 114 valence electrons. The third-order valence-electron chi connectivity index (χ3n) is 4.08. The highest BCUT2D eigenvalue weighted by atomic mass is 16.3. The number of ketones is 1. The van der Waals surface area contributed by atoms with Gasteiger partial charge in [0.25, 0.3) is 0 Å². The number of aromatic hydroxyl groups is 1. The first kappa shape index (κ1) is 14.4. The topological polar surface area (TPSA) is 57.8 Å². The Balaban J connectivity index is 2.15. The Morgan fingerprint density at radius 1 is 1.27 bits per heavy atom. The van der Waals surface area contributed by atoms with Crippen LogP contribution >= 0.6 is 0 Å². The quantitative estimate of drug-likeness (QED) is 0.886. The Bertz CT molecular complexity index is 757. The van der Waals surface area contributed by atoms with Crippen LogP contribution in [0.4, 0.5) is 5.69 Å². The van der Waals surface area contributed by atoms with Crippen molar-refractivity contribution in [3.8, 4) is 5.75 Å². The van der Waals surface area contributed by atoms with Gasteiger partial charge in [-0.1, -0.05) is 6.92 Å². The molecule has 0 saturated heterocycles. The predicted octanol–water partition coefficient (Wildman–Crippen LogP) is 2.63. The van der Waals surface area contributed by atoms with E-state index in [-0.39, 0.29) is 11.5 Å². The molecule has 0 amide bonds. The molecule has 0 radical (unpaired) electrons. The van der Waals surface area contributed by atoms with Gasteiger partial charge in [-0.05, 0) is 30.7 Å². The molecule has 2 aromatic rings. The van der Waals surface area contributed by atoms with Crippen molar-refractivity contribution in [3.05, 3.63) is 46.8 Å². The summed E-state index contributed by atoms with van der Waals surface area (Å²) in [7, 11) is 3.95. The number of hydrogen-bond donors (Lipinski definition) is 1. The molecule has 0 bridgehead atoms. The minimum Gasteiger partial charge on any atom is -0.508 e. The number of aliphatic imine (C=N–C) groups is 1. The van der Waals surface area contributed by atoms with E-state index in [2.05, 4.69) is 9.56 Å². The highest BCUT2D eigenvalue weighted by Gasteiger charge is 2.27. The molecule has 0 spiro atoms. The van der Waals surface area contributed by atoms with E-state index in [0.29, 0.717) is 11.1 Å². The third-order valence-corrected chi connectivity index (χ3v) is 4.08. The van der Waals surface area contributed by atoms with Crippen LogP contribution in [0.25, 0.3) is 0 Å². The summed E-state index contributed by atoms with van der Waals surface area (Å²) in [6, 6.07) is 6.36. The monoisotopic (exact) mass is 297 g/mol. The van der Waals surface area contributed by atoms with Crippen LogP contribution in [-0.4, -0.2) is 33.7 Å². The van der Waals surface area contributed by atoms with Gasteiger partial charge < -0.3 is 14.6 Å². The summed E-state index contributed by atoms with van der Waals surface area (Å²) in [5.41, 5.74) is 4.07. The summed E-state index contributed by atoms with van der Waals surface area (Å²) in [6.45, 7) is 2.78. The van der Waals surface area contributed by atoms with Crippen LogP contribution in [-0.2, 0) is 20.0 Å². The second-order valence-electron chi connectivity index (χ2n) is 5.57. The van der Waals surface area contributed by atoms with Crippen molar-refractivity contribution in [1.29, 1.82) is 0 Å². The number of aromatic nitrogens is 1. The fourth-order valence-corrected chi connectivity index (χ4v) is 2.93. The zero-order chi connectivity index (χ0) is 15.9. The fourth-order valence-electron chi connectivity index (χ4n) is 2.93. The molecule has 0 aliphatic carbocycles. The van der Waals surface area contributed by atoms with E-state index in [1.165, 1.54) is 12.1 Å². The minimum absolute atomic E-state index is 0.0459. The lowest BCUT2D eigenvalue weighted by Gasteiger charge is -2.18. The van der Waals surface area contributed by atoms with E-state index in [1.54, 1.807) is 18.5 Å². The Hall–Kier alpha value is -2.56. The van der Waals surface area contributed by atoms with E-state index < -0.39 is 0 Å². The van der Waals surface area contributed by atoms with Gasteiger partial charge in [0.1, 0.15) is 5.75 Å². The van der Waals surface area contributed by atoms with Gasteiger partial charge in [-0.15, -0.1) is 0 Å². The number of fused-ring (bicyclic) bond motifs is 1. The number of rotatable bonds is 3. The van der Waals surface area contributed by atoms with Gasteiger partial charge in [-0.25, -0.2) is 4.99 Å². The molecule has 3 rings (SSSR count). The highest BCUT2D eigenvalue weighted by Crippen LogP contribution is 2.35. The molecule has 0 saturated carbocycles. The smallest absolute Gasteiger partial charge is 0.197 e. The highest BCUT2D eigenvalue weighted by molar-refractivity contribution is 6.13. The van der Waals surface area contributed by atoms with Gasteiger partial charge in [-0.3, -0.25) is 4.79 Å². The molecule has 0 fully saturated rings. The third kappa shape index (κ3) is 2.19. The molecular formula is C17H19N3O2.